The van der Waals surface area contributed by atoms with Crippen LogP contribution in [0.5, 0.6) is 0 Å². The molecule has 4 nitrogen and oxygen atoms in total. The van der Waals surface area contributed by atoms with Crippen LogP contribution in [0.1, 0.15) is 27.7 Å². The molecule has 0 fully saturated rings. The van der Waals surface area contributed by atoms with Crippen molar-refractivity contribution in [3.8, 4) is 0 Å². The van der Waals surface area contributed by atoms with E-state index in [0.29, 0.717) is 5.56 Å². The third-order valence-corrected chi connectivity index (χ3v) is 4.23. The highest BCUT2D eigenvalue weighted by atomic mass is 16.2. The maximum absolute atomic E-state index is 13.2. The molecule has 118 valence electrons. The summed E-state index contributed by atoms with van der Waals surface area (Å²) in [6, 6.07) is 19.5. The largest absolute Gasteiger partial charge is 0.360 e. The van der Waals surface area contributed by atoms with Crippen LogP contribution in [0.4, 0.5) is 11.4 Å². The van der Waals surface area contributed by atoms with E-state index in [1.54, 1.807) is 12.4 Å². The van der Waals surface area contributed by atoms with Gasteiger partial charge in [-0.2, -0.15) is 0 Å². The van der Waals surface area contributed by atoms with Gasteiger partial charge in [0.05, 0.1) is 5.56 Å². The van der Waals surface area contributed by atoms with Crippen LogP contribution in [-0.2, 0) is 0 Å². The van der Waals surface area contributed by atoms with Crippen molar-refractivity contribution in [2.75, 3.05) is 10.2 Å². The summed E-state index contributed by atoms with van der Waals surface area (Å²) in [5.41, 5.74) is 4.53. The van der Waals surface area contributed by atoms with Gasteiger partial charge in [-0.05, 0) is 54.4 Å². The van der Waals surface area contributed by atoms with E-state index in [-0.39, 0.29) is 12.1 Å². The first-order valence-corrected chi connectivity index (χ1v) is 7.90. The first-order valence-electron chi connectivity index (χ1n) is 7.90. The lowest BCUT2D eigenvalue weighted by atomic mass is 10.0. The third kappa shape index (κ3) is 2.42. The van der Waals surface area contributed by atoms with E-state index in [1.807, 2.05) is 72.5 Å². The number of hydrogen-bond donors (Lipinski definition) is 1. The molecule has 3 aromatic rings. The zero-order valence-corrected chi connectivity index (χ0v) is 13.3. The summed E-state index contributed by atoms with van der Waals surface area (Å²) in [6.07, 6.45) is 3.23. The minimum atomic E-state index is -0.266. The number of amides is 1. The second-order valence-corrected chi connectivity index (χ2v) is 5.89. The number of fused-ring (bicyclic) bond motifs is 1. The van der Waals surface area contributed by atoms with Crippen molar-refractivity contribution in [1.82, 2.24) is 4.98 Å². The summed E-state index contributed by atoms with van der Waals surface area (Å²) in [4.78, 5) is 19.1. The molecule has 0 radical (unpaired) electrons. The topological polar surface area (TPSA) is 45.2 Å². The monoisotopic (exact) mass is 315 g/mol. The molecule has 2 heterocycles. The number of nitrogens with zero attached hydrogens (tertiary/aromatic N) is 2. The molecule has 4 rings (SSSR count). The highest BCUT2D eigenvalue weighted by Crippen LogP contribution is 2.36. The lowest BCUT2D eigenvalue weighted by Crippen LogP contribution is -2.43. The smallest absolute Gasteiger partial charge is 0.262 e. The number of para-hydroxylation sites is 1. The molecule has 1 aromatic heterocycles. The van der Waals surface area contributed by atoms with E-state index >= 15 is 0 Å². The highest BCUT2D eigenvalue weighted by molar-refractivity contribution is 6.12. The number of hydrogen-bond acceptors (Lipinski definition) is 3. The molecular formula is C20H17N3O. The predicted molar refractivity (Wildman–Crippen MR) is 95.0 cm³/mol. The average molecular weight is 315 g/mol. The van der Waals surface area contributed by atoms with Crippen molar-refractivity contribution in [3.63, 3.8) is 0 Å². The molecule has 0 aliphatic carbocycles. The Morgan fingerprint density at radius 2 is 1.79 bits per heavy atom. The van der Waals surface area contributed by atoms with Crippen LogP contribution in [0.15, 0.2) is 73.1 Å². The van der Waals surface area contributed by atoms with Crippen LogP contribution in [0.2, 0.25) is 0 Å². The highest BCUT2D eigenvalue weighted by Gasteiger charge is 2.33. The van der Waals surface area contributed by atoms with E-state index in [2.05, 4.69) is 10.3 Å². The maximum atomic E-state index is 13.2. The Morgan fingerprint density at radius 3 is 2.58 bits per heavy atom. The van der Waals surface area contributed by atoms with Gasteiger partial charge in [-0.25, -0.2) is 0 Å². The number of nitrogens with one attached hydrogen (secondary N) is 1. The van der Waals surface area contributed by atoms with Crippen LogP contribution < -0.4 is 10.2 Å². The van der Waals surface area contributed by atoms with Crippen molar-refractivity contribution in [3.05, 3.63) is 89.7 Å². The van der Waals surface area contributed by atoms with E-state index < -0.39 is 0 Å². The fourth-order valence-electron chi connectivity index (χ4n) is 3.08. The summed E-state index contributed by atoms with van der Waals surface area (Å²) in [5.74, 6) is -0.00300. The second-order valence-electron chi connectivity index (χ2n) is 5.89. The molecule has 1 aliphatic heterocycles. The zero-order valence-electron chi connectivity index (χ0n) is 13.3. The van der Waals surface area contributed by atoms with Crippen LogP contribution in [0.3, 0.4) is 0 Å². The predicted octanol–water partition coefficient (Wildman–Crippen LogP) is 4.16. The van der Waals surface area contributed by atoms with E-state index in [9.17, 15) is 4.79 Å². The Morgan fingerprint density at radius 1 is 1.00 bits per heavy atom. The quantitative estimate of drug-likeness (QED) is 0.772. The second kappa shape index (κ2) is 5.81. The molecule has 2 aromatic carbocycles. The first-order chi connectivity index (χ1) is 11.7. The molecule has 0 bridgehead atoms. The number of aromatic nitrogens is 1. The third-order valence-electron chi connectivity index (χ3n) is 4.23. The Hall–Kier alpha value is -3.14. The van der Waals surface area contributed by atoms with Crippen molar-refractivity contribution in [1.29, 1.82) is 0 Å². The van der Waals surface area contributed by atoms with Gasteiger partial charge in [0.25, 0.3) is 5.91 Å². The number of rotatable bonds is 2. The molecule has 1 amide bonds. The standard InChI is InChI=1S/C20H17N3O/c1-14-5-4-6-16(13-14)23-19(15-9-11-21-12-10-15)22-18-8-3-2-7-17(18)20(23)24/h2-13,19,22H,1H3. The van der Waals surface area contributed by atoms with E-state index in [0.717, 1.165) is 22.5 Å². The SMILES string of the molecule is Cc1cccc(N2C(=O)c3ccccc3NC2c2ccncc2)c1. The van der Waals surface area contributed by atoms with Gasteiger partial charge in [0.15, 0.2) is 0 Å². The van der Waals surface area contributed by atoms with Crippen molar-refractivity contribution < 1.29 is 4.79 Å². The number of carbonyl (C=O) groups is 1. The minimum absolute atomic E-state index is 0.00300. The molecule has 1 unspecified atom stereocenters. The van der Waals surface area contributed by atoms with Crippen LogP contribution >= 0.6 is 0 Å². The van der Waals surface area contributed by atoms with Gasteiger partial charge >= 0.3 is 0 Å². The van der Waals surface area contributed by atoms with Gasteiger partial charge in [0.1, 0.15) is 6.17 Å². The molecule has 1 N–H and O–H groups in total. The van der Waals surface area contributed by atoms with Crippen molar-refractivity contribution >= 4 is 17.3 Å². The normalized spacial score (nSPS) is 16.5. The number of anilines is 2. The number of carbonyl (C=O) groups excluding carboxylic acids is 1. The lowest BCUT2D eigenvalue weighted by Gasteiger charge is -2.38. The van der Waals surface area contributed by atoms with Crippen LogP contribution in [-0.4, -0.2) is 10.9 Å². The van der Waals surface area contributed by atoms with Gasteiger partial charge in [0.2, 0.25) is 0 Å². The molecule has 0 saturated heterocycles. The van der Waals surface area contributed by atoms with Gasteiger partial charge in [0, 0.05) is 23.8 Å². The minimum Gasteiger partial charge on any atom is -0.360 e. The fraction of sp³-hybridized carbons (Fsp3) is 0.100. The molecule has 24 heavy (non-hydrogen) atoms. The van der Waals surface area contributed by atoms with Gasteiger partial charge in [-0.1, -0.05) is 24.3 Å². The van der Waals surface area contributed by atoms with Crippen LogP contribution in [0.25, 0.3) is 0 Å². The number of pyridine rings is 1. The summed E-state index contributed by atoms with van der Waals surface area (Å²) in [7, 11) is 0. The number of benzene rings is 2. The summed E-state index contributed by atoms with van der Waals surface area (Å²) in [6.45, 7) is 2.03. The van der Waals surface area contributed by atoms with Gasteiger partial charge in [-0.3, -0.25) is 14.7 Å². The molecule has 1 aliphatic rings. The summed E-state index contributed by atoms with van der Waals surface area (Å²) < 4.78 is 0. The summed E-state index contributed by atoms with van der Waals surface area (Å²) >= 11 is 0. The Bertz CT molecular complexity index is 892. The molecule has 0 spiro atoms. The summed E-state index contributed by atoms with van der Waals surface area (Å²) in [5, 5.41) is 3.49. The first kappa shape index (κ1) is 14.5. The Balaban J connectivity index is 1.88. The van der Waals surface area contributed by atoms with E-state index in [1.165, 1.54) is 0 Å². The maximum Gasteiger partial charge on any atom is 0.262 e. The van der Waals surface area contributed by atoms with Crippen molar-refractivity contribution in [2.24, 2.45) is 0 Å². The molecule has 1 atom stereocenters. The molecule has 0 saturated carbocycles. The Labute approximate surface area is 140 Å². The zero-order chi connectivity index (χ0) is 16.5. The van der Waals surface area contributed by atoms with Crippen LogP contribution in [0, 0.1) is 6.92 Å². The van der Waals surface area contributed by atoms with Gasteiger partial charge < -0.3 is 5.32 Å². The lowest BCUT2D eigenvalue weighted by molar-refractivity contribution is 0.0975. The van der Waals surface area contributed by atoms with Crippen molar-refractivity contribution in [2.45, 2.75) is 13.1 Å². The fourth-order valence-corrected chi connectivity index (χ4v) is 3.08. The van der Waals surface area contributed by atoms with Gasteiger partial charge in [-0.15, -0.1) is 0 Å². The van der Waals surface area contributed by atoms with E-state index in [4.69, 9.17) is 0 Å². The molecular weight excluding hydrogens is 298 g/mol. The molecule has 4 heteroatoms. The Kier molecular flexibility index (Phi) is 3.50. The average Bonchev–Trinajstić information content (AvgIpc) is 2.62. The number of aryl methyl sites for hydroxylation is 1.